The molecule has 10 heteroatoms. The monoisotopic (exact) mass is 511 g/mol. The van der Waals surface area contributed by atoms with Crippen LogP contribution in [-0.4, -0.2) is 52.4 Å². The van der Waals surface area contributed by atoms with Gasteiger partial charge in [0.25, 0.3) is 0 Å². The molecule has 0 saturated heterocycles. The maximum Gasteiger partial charge on any atom is 0.241 e. The van der Waals surface area contributed by atoms with Crippen LogP contribution in [0.2, 0.25) is 0 Å². The van der Waals surface area contributed by atoms with E-state index in [2.05, 4.69) is 0 Å². The highest BCUT2D eigenvalue weighted by Crippen LogP contribution is 2.60. The molecule has 0 aliphatic heterocycles. The van der Waals surface area contributed by atoms with E-state index in [-0.39, 0.29) is 18.5 Å². The van der Waals surface area contributed by atoms with E-state index in [1.54, 1.807) is 48.5 Å². The summed E-state index contributed by atoms with van der Waals surface area (Å²) in [5, 5.41) is 11.3. The maximum absolute atomic E-state index is 14.1. The Morgan fingerprint density at radius 1 is 0.778 bits per heavy atom. The molecule has 3 aromatic rings. The number of fused-ring (bicyclic) bond motifs is 1. The molecule has 3 aromatic carbocycles. The molecule has 0 heterocycles. The fraction of sp³-hybridized carbons (Fsp3) is 0.308. The van der Waals surface area contributed by atoms with Crippen LogP contribution >= 0.6 is 0 Å². The van der Waals surface area contributed by atoms with Crippen LogP contribution in [0.3, 0.4) is 0 Å². The van der Waals surface area contributed by atoms with Crippen molar-refractivity contribution in [2.24, 2.45) is 0 Å². The normalized spacial score (nSPS) is 21.9. The number of nitrogens with zero attached hydrogens (tertiary/aromatic N) is 1. The highest BCUT2D eigenvalue weighted by Gasteiger charge is 2.62. The summed E-state index contributed by atoms with van der Waals surface area (Å²) in [5.41, 5.74) is 2.55. The summed E-state index contributed by atoms with van der Waals surface area (Å²) in [4.78, 5) is 12.2. The Morgan fingerprint density at radius 2 is 1.31 bits per heavy atom. The summed E-state index contributed by atoms with van der Waals surface area (Å²) in [5.74, 6) is -0.869. The fourth-order valence-electron chi connectivity index (χ4n) is 5.59. The average Bonchev–Trinajstić information content (AvgIpc) is 2.90. The Kier molecular flexibility index (Phi) is 6.42. The first-order chi connectivity index (χ1) is 17.4. The van der Waals surface area contributed by atoms with E-state index < -0.39 is 37.9 Å². The fourth-order valence-corrected chi connectivity index (χ4v) is 7.71. The van der Waals surface area contributed by atoms with Crippen LogP contribution in [0.25, 0.3) is 0 Å². The van der Waals surface area contributed by atoms with Crippen LogP contribution < -0.4 is 9.47 Å². The molecule has 0 saturated carbocycles. The highest BCUT2D eigenvalue weighted by atomic mass is 32.2. The lowest BCUT2D eigenvalue weighted by Crippen LogP contribution is -2.54. The summed E-state index contributed by atoms with van der Waals surface area (Å²) in [6.07, 6.45) is 0. The molecule has 0 N–H and O–H groups in total. The van der Waals surface area contributed by atoms with Crippen LogP contribution in [0.15, 0.2) is 71.6 Å². The summed E-state index contributed by atoms with van der Waals surface area (Å²) in [6, 6.07) is 17.0. The first kappa shape index (κ1) is 24.2. The van der Waals surface area contributed by atoms with Crippen LogP contribution in [0.4, 0.5) is 0 Å². The van der Waals surface area contributed by atoms with E-state index in [1.165, 1.54) is 26.4 Å². The van der Waals surface area contributed by atoms with E-state index in [9.17, 15) is 18.5 Å². The standard InChI is InChI=1S/C26H25NO8S/c1-32-14-34-19-12-7-11-18-21(19)23-17-10-6-13-20(35-15-33-2)22(17)24(18)26(25(23)27(28)29)36(30,31)16-8-4-3-5-9-16/h3-13,23-26H,14-15H2,1-2H3/t23-,24-,25?,26?/m0/s1. The SMILES string of the molecule is COCOc1cccc2c1[C@@H]1c3cccc(OCOC)c3[C@H]2C(S(=O)(=O)c2ccccc2)C1[N+](=O)[O-]. The van der Waals surface area contributed by atoms with Crippen molar-refractivity contribution in [3.05, 3.63) is 99.1 Å². The van der Waals surface area contributed by atoms with E-state index in [0.717, 1.165) is 0 Å². The summed E-state index contributed by atoms with van der Waals surface area (Å²) in [7, 11) is -1.16. The number of rotatable bonds is 9. The molecule has 188 valence electrons. The molecular weight excluding hydrogens is 486 g/mol. The minimum absolute atomic E-state index is 0.0413. The molecule has 0 spiro atoms. The summed E-state index contributed by atoms with van der Waals surface area (Å²) < 4.78 is 50.0. The van der Waals surface area contributed by atoms with Crippen LogP contribution in [-0.2, 0) is 19.3 Å². The molecule has 0 fully saturated rings. The zero-order valence-corrected chi connectivity index (χ0v) is 20.5. The number of methoxy groups -OCH3 is 2. The maximum atomic E-state index is 14.1. The van der Waals surface area contributed by atoms with Crippen molar-refractivity contribution in [1.82, 2.24) is 0 Å². The van der Waals surface area contributed by atoms with Gasteiger partial charge in [0.2, 0.25) is 6.04 Å². The minimum Gasteiger partial charge on any atom is -0.467 e. The van der Waals surface area contributed by atoms with E-state index in [4.69, 9.17) is 18.9 Å². The van der Waals surface area contributed by atoms with Crippen molar-refractivity contribution in [1.29, 1.82) is 0 Å². The number of ether oxygens (including phenoxy) is 4. The van der Waals surface area contributed by atoms with Crippen molar-refractivity contribution in [3.8, 4) is 11.5 Å². The van der Waals surface area contributed by atoms with E-state index >= 15 is 0 Å². The van der Waals surface area contributed by atoms with Crippen molar-refractivity contribution in [3.63, 3.8) is 0 Å². The first-order valence-electron chi connectivity index (χ1n) is 11.3. The van der Waals surface area contributed by atoms with Crippen LogP contribution in [0.5, 0.6) is 11.5 Å². The topological polar surface area (TPSA) is 114 Å². The number of nitro groups is 1. The Hall–Kier alpha value is -3.47. The number of hydrogen-bond donors (Lipinski definition) is 0. The van der Waals surface area contributed by atoms with Gasteiger partial charge in [-0.05, 0) is 35.4 Å². The van der Waals surface area contributed by atoms with Gasteiger partial charge in [0.15, 0.2) is 23.4 Å². The third kappa shape index (κ3) is 3.73. The Bertz CT molecular complexity index is 1390. The largest absolute Gasteiger partial charge is 0.467 e. The lowest BCUT2D eigenvalue weighted by Gasteiger charge is -2.46. The molecule has 2 unspecified atom stereocenters. The number of sulfone groups is 1. The average molecular weight is 512 g/mol. The summed E-state index contributed by atoms with van der Waals surface area (Å²) in [6.45, 7) is -0.0982. The molecular formula is C26H25NO8S. The molecule has 9 nitrogen and oxygen atoms in total. The van der Waals surface area contributed by atoms with Gasteiger partial charge in [-0.25, -0.2) is 8.42 Å². The number of hydrogen-bond acceptors (Lipinski definition) is 8. The predicted octanol–water partition coefficient (Wildman–Crippen LogP) is 3.73. The molecule has 36 heavy (non-hydrogen) atoms. The van der Waals surface area contributed by atoms with Gasteiger partial charge >= 0.3 is 0 Å². The molecule has 0 amide bonds. The molecule has 3 aliphatic rings. The second-order valence-electron chi connectivity index (χ2n) is 8.67. The Balaban J connectivity index is 1.81. The molecule has 2 bridgehead atoms. The van der Waals surface area contributed by atoms with Gasteiger partial charge in [0, 0.05) is 36.2 Å². The van der Waals surface area contributed by atoms with E-state index in [1.807, 2.05) is 6.07 Å². The molecule has 3 aliphatic carbocycles. The van der Waals surface area contributed by atoms with Crippen molar-refractivity contribution in [2.75, 3.05) is 27.8 Å². The molecule has 6 rings (SSSR count). The van der Waals surface area contributed by atoms with Gasteiger partial charge in [0.05, 0.1) is 10.8 Å². The third-order valence-electron chi connectivity index (χ3n) is 6.84. The van der Waals surface area contributed by atoms with Crippen LogP contribution in [0.1, 0.15) is 34.1 Å². The summed E-state index contributed by atoms with van der Waals surface area (Å²) >= 11 is 0. The Morgan fingerprint density at radius 3 is 1.83 bits per heavy atom. The van der Waals surface area contributed by atoms with Gasteiger partial charge in [-0.15, -0.1) is 0 Å². The lowest BCUT2D eigenvalue weighted by atomic mass is 9.61. The second kappa shape index (κ2) is 9.53. The minimum atomic E-state index is -4.13. The number of benzene rings is 3. The highest BCUT2D eigenvalue weighted by molar-refractivity contribution is 7.92. The molecule has 4 atom stereocenters. The zero-order valence-electron chi connectivity index (χ0n) is 19.7. The van der Waals surface area contributed by atoms with Crippen molar-refractivity contribution < 1.29 is 32.3 Å². The van der Waals surface area contributed by atoms with E-state index in [0.29, 0.717) is 33.8 Å². The third-order valence-corrected chi connectivity index (χ3v) is 9.03. The van der Waals surface area contributed by atoms with Gasteiger partial charge in [-0.1, -0.05) is 42.5 Å². The molecule has 0 radical (unpaired) electrons. The molecule has 0 aromatic heterocycles. The second-order valence-corrected chi connectivity index (χ2v) is 10.8. The Labute approximate surface area is 208 Å². The first-order valence-corrected chi connectivity index (χ1v) is 12.9. The van der Waals surface area contributed by atoms with Crippen molar-refractivity contribution >= 4 is 9.84 Å². The van der Waals surface area contributed by atoms with Gasteiger partial charge in [-0.3, -0.25) is 10.1 Å². The predicted molar refractivity (Wildman–Crippen MR) is 130 cm³/mol. The van der Waals surface area contributed by atoms with Gasteiger partial charge < -0.3 is 18.9 Å². The van der Waals surface area contributed by atoms with Gasteiger partial charge in [0.1, 0.15) is 16.7 Å². The quantitative estimate of drug-likeness (QED) is 0.243. The van der Waals surface area contributed by atoms with Crippen LogP contribution in [0, 0.1) is 10.1 Å². The zero-order chi connectivity index (χ0) is 25.4. The lowest BCUT2D eigenvalue weighted by molar-refractivity contribution is -0.526. The van der Waals surface area contributed by atoms with Crippen molar-refractivity contribution in [2.45, 2.75) is 28.0 Å². The smallest absolute Gasteiger partial charge is 0.241 e. The van der Waals surface area contributed by atoms with Gasteiger partial charge in [-0.2, -0.15) is 0 Å².